The van der Waals surface area contributed by atoms with Gasteiger partial charge in [0, 0.05) is 18.0 Å². The van der Waals surface area contributed by atoms with Gasteiger partial charge in [-0.25, -0.2) is 9.18 Å². The second kappa shape index (κ2) is 7.83. The standard InChI is InChI=1S/C20H17BrFNO3/c1-12-19(20(25)26-11-13-5-3-2-4-6-13)15(10-18(24)23-12)14-7-8-17(22)16(21)9-14/h2-9,15H,10-11H2,1H3,(H,23,24)/t15-/m1/s1. The Bertz CT molecular complexity index is 880. The highest BCUT2D eigenvalue weighted by molar-refractivity contribution is 9.10. The third-order valence-corrected chi connectivity index (χ3v) is 4.86. The first-order valence-electron chi connectivity index (χ1n) is 8.12. The van der Waals surface area contributed by atoms with Crippen LogP contribution in [0.1, 0.15) is 30.4 Å². The molecule has 0 aliphatic carbocycles. The molecule has 0 saturated carbocycles. The normalized spacial score (nSPS) is 17.0. The lowest BCUT2D eigenvalue weighted by Gasteiger charge is -2.26. The first-order valence-corrected chi connectivity index (χ1v) is 8.91. The van der Waals surface area contributed by atoms with Gasteiger partial charge in [-0.2, -0.15) is 0 Å². The predicted molar refractivity (Wildman–Crippen MR) is 98.5 cm³/mol. The molecule has 0 unspecified atom stereocenters. The summed E-state index contributed by atoms with van der Waals surface area (Å²) in [5.74, 6) is -1.56. The van der Waals surface area contributed by atoms with Gasteiger partial charge in [-0.3, -0.25) is 4.79 Å². The smallest absolute Gasteiger partial charge is 0.336 e. The van der Waals surface area contributed by atoms with Crippen molar-refractivity contribution >= 4 is 27.8 Å². The molecule has 0 fully saturated rings. The topological polar surface area (TPSA) is 55.4 Å². The van der Waals surface area contributed by atoms with Gasteiger partial charge in [-0.1, -0.05) is 36.4 Å². The predicted octanol–water partition coefficient (Wildman–Crippen LogP) is 4.21. The molecule has 1 atom stereocenters. The van der Waals surface area contributed by atoms with Crippen molar-refractivity contribution in [2.45, 2.75) is 25.9 Å². The maximum atomic E-state index is 13.6. The molecular formula is C20H17BrFNO3. The van der Waals surface area contributed by atoms with Crippen LogP contribution >= 0.6 is 15.9 Å². The Hall–Kier alpha value is -2.47. The van der Waals surface area contributed by atoms with Crippen molar-refractivity contribution in [1.82, 2.24) is 5.32 Å². The van der Waals surface area contributed by atoms with Gasteiger partial charge < -0.3 is 10.1 Å². The summed E-state index contributed by atoms with van der Waals surface area (Å²) < 4.78 is 19.3. The summed E-state index contributed by atoms with van der Waals surface area (Å²) in [5.41, 5.74) is 2.41. The Kier molecular flexibility index (Phi) is 5.52. The molecule has 1 aliphatic rings. The number of benzene rings is 2. The summed E-state index contributed by atoms with van der Waals surface area (Å²) in [4.78, 5) is 24.7. The summed E-state index contributed by atoms with van der Waals surface area (Å²) in [6.45, 7) is 1.81. The first-order chi connectivity index (χ1) is 12.5. The van der Waals surface area contributed by atoms with Crippen LogP contribution in [0.5, 0.6) is 0 Å². The van der Waals surface area contributed by atoms with Gasteiger partial charge in [-0.15, -0.1) is 0 Å². The van der Waals surface area contributed by atoms with E-state index in [2.05, 4.69) is 21.2 Å². The molecule has 6 heteroatoms. The van der Waals surface area contributed by atoms with Crippen molar-refractivity contribution in [3.63, 3.8) is 0 Å². The molecule has 2 aromatic rings. The van der Waals surface area contributed by atoms with Gasteiger partial charge in [-0.05, 0) is 46.1 Å². The van der Waals surface area contributed by atoms with E-state index in [1.54, 1.807) is 19.1 Å². The number of nitrogens with one attached hydrogen (secondary N) is 1. The maximum Gasteiger partial charge on any atom is 0.336 e. The van der Waals surface area contributed by atoms with Gasteiger partial charge in [0.1, 0.15) is 12.4 Å². The zero-order chi connectivity index (χ0) is 18.7. The number of hydrogen-bond acceptors (Lipinski definition) is 3. The molecule has 0 spiro atoms. The summed E-state index contributed by atoms with van der Waals surface area (Å²) in [7, 11) is 0. The largest absolute Gasteiger partial charge is 0.457 e. The van der Waals surface area contributed by atoms with Crippen LogP contribution in [0.2, 0.25) is 0 Å². The number of hydrogen-bond donors (Lipinski definition) is 1. The monoisotopic (exact) mass is 417 g/mol. The van der Waals surface area contributed by atoms with E-state index >= 15 is 0 Å². The first kappa shape index (κ1) is 18.3. The lowest BCUT2D eigenvalue weighted by Crippen LogP contribution is -2.34. The van der Waals surface area contributed by atoms with Gasteiger partial charge >= 0.3 is 5.97 Å². The zero-order valence-corrected chi connectivity index (χ0v) is 15.7. The highest BCUT2D eigenvalue weighted by Crippen LogP contribution is 2.35. The lowest BCUT2D eigenvalue weighted by atomic mass is 9.84. The van der Waals surface area contributed by atoms with Crippen molar-refractivity contribution in [3.05, 3.63) is 81.2 Å². The van der Waals surface area contributed by atoms with Crippen LogP contribution < -0.4 is 5.32 Å². The van der Waals surface area contributed by atoms with Crippen LogP contribution in [-0.2, 0) is 20.9 Å². The fraction of sp³-hybridized carbons (Fsp3) is 0.200. The summed E-state index contributed by atoms with van der Waals surface area (Å²) in [5, 5.41) is 2.69. The van der Waals surface area contributed by atoms with E-state index in [1.165, 1.54) is 6.07 Å². The molecule has 3 rings (SSSR count). The van der Waals surface area contributed by atoms with E-state index < -0.39 is 17.7 Å². The van der Waals surface area contributed by atoms with Gasteiger partial charge in [0.2, 0.25) is 5.91 Å². The van der Waals surface area contributed by atoms with Gasteiger partial charge in [0.05, 0.1) is 10.0 Å². The van der Waals surface area contributed by atoms with Gasteiger partial charge in [0.15, 0.2) is 0 Å². The van der Waals surface area contributed by atoms with Crippen LogP contribution in [0, 0.1) is 5.82 Å². The Morgan fingerprint density at radius 1 is 1.27 bits per heavy atom. The number of esters is 1. The minimum Gasteiger partial charge on any atom is -0.457 e. The number of carbonyl (C=O) groups is 2. The van der Waals surface area contributed by atoms with Crippen molar-refractivity contribution in [3.8, 4) is 0 Å². The van der Waals surface area contributed by atoms with Crippen LogP contribution in [0.3, 0.4) is 0 Å². The number of carbonyl (C=O) groups excluding carboxylic acids is 2. The lowest BCUT2D eigenvalue weighted by molar-refractivity contribution is -0.141. The Morgan fingerprint density at radius 3 is 2.69 bits per heavy atom. The fourth-order valence-electron chi connectivity index (χ4n) is 2.99. The average molecular weight is 418 g/mol. The SMILES string of the molecule is CC1=C(C(=O)OCc2ccccc2)[C@@H](c2ccc(F)c(Br)c2)CC(=O)N1. The van der Waals surface area contributed by atoms with Crippen LogP contribution in [0.25, 0.3) is 0 Å². The molecule has 1 heterocycles. The van der Waals surface area contributed by atoms with E-state index in [9.17, 15) is 14.0 Å². The Balaban J connectivity index is 1.87. The molecule has 1 aliphatic heterocycles. The second-order valence-corrected chi connectivity index (χ2v) is 6.93. The van der Waals surface area contributed by atoms with Crippen molar-refractivity contribution < 1.29 is 18.7 Å². The summed E-state index contributed by atoms with van der Waals surface area (Å²) in [6, 6.07) is 13.8. The van der Waals surface area contributed by atoms with E-state index in [1.807, 2.05) is 30.3 Å². The molecule has 2 aromatic carbocycles. The maximum absolute atomic E-state index is 13.6. The minimum atomic E-state index is -0.489. The highest BCUT2D eigenvalue weighted by atomic mass is 79.9. The van der Waals surface area contributed by atoms with Crippen molar-refractivity contribution in [2.75, 3.05) is 0 Å². The Morgan fingerprint density at radius 2 is 2.00 bits per heavy atom. The number of allylic oxidation sites excluding steroid dienone is 1. The van der Waals surface area contributed by atoms with E-state index in [-0.39, 0.29) is 23.4 Å². The van der Waals surface area contributed by atoms with Crippen LogP contribution in [0.4, 0.5) is 4.39 Å². The van der Waals surface area contributed by atoms with E-state index in [0.717, 1.165) is 5.56 Å². The number of rotatable bonds is 4. The Labute approximate surface area is 159 Å². The summed E-state index contributed by atoms with van der Waals surface area (Å²) in [6.07, 6.45) is 0.102. The van der Waals surface area contributed by atoms with Crippen molar-refractivity contribution in [1.29, 1.82) is 0 Å². The molecule has 0 bridgehead atoms. The van der Waals surface area contributed by atoms with E-state index in [4.69, 9.17) is 4.74 Å². The molecule has 26 heavy (non-hydrogen) atoms. The molecule has 1 amide bonds. The van der Waals surface area contributed by atoms with Crippen LogP contribution in [-0.4, -0.2) is 11.9 Å². The third-order valence-electron chi connectivity index (χ3n) is 4.25. The fourth-order valence-corrected chi connectivity index (χ4v) is 3.38. The number of amides is 1. The highest BCUT2D eigenvalue weighted by Gasteiger charge is 2.33. The molecule has 1 N–H and O–H groups in total. The molecule has 0 aromatic heterocycles. The number of halogens is 2. The molecular weight excluding hydrogens is 401 g/mol. The number of ether oxygens (including phenoxy) is 1. The summed E-state index contributed by atoms with van der Waals surface area (Å²) >= 11 is 3.15. The average Bonchev–Trinajstić information content (AvgIpc) is 2.62. The third kappa shape index (κ3) is 4.02. The second-order valence-electron chi connectivity index (χ2n) is 6.08. The van der Waals surface area contributed by atoms with E-state index in [0.29, 0.717) is 16.8 Å². The quantitative estimate of drug-likeness (QED) is 0.757. The van der Waals surface area contributed by atoms with Crippen molar-refractivity contribution in [2.24, 2.45) is 0 Å². The van der Waals surface area contributed by atoms with Gasteiger partial charge in [0.25, 0.3) is 0 Å². The molecule has 134 valence electrons. The zero-order valence-electron chi connectivity index (χ0n) is 14.1. The minimum absolute atomic E-state index is 0.102. The molecule has 4 nitrogen and oxygen atoms in total. The van der Waals surface area contributed by atoms with Crippen LogP contribution in [0.15, 0.2) is 64.3 Å². The molecule has 0 saturated heterocycles. The molecule has 0 radical (unpaired) electrons.